The number of hydrogen-bond acceptors (Lipinski definition) is 4. The van der Waals surface area contributed by atoms with E-state index >= 15 is 0 Å². The first-order chi connectivity index (χ1) is 7.17. The second kappa shape index (κ2) is 8.05. The molecule has 4 nitrogen and oxygen atoms in total. The van der Waals surface area contributed by atoms with E-state index in [0.717, 1.165) is 19.4 Å². The van der Waals surface area contributed by atoms with E-state index in [1.807, 2.05) is 4.90 Å². The van der Waals surface area contributed by atoms with Gasteiger partial charge in [-0.15, -0.1) is 0 Å². The topological polar surface area (TPSA) is 63.9 Å². The summed E-state index contributed by atoms with van der Waals surface area (Å²) < 4.78 is 0. The highest BCUT2D eigenvalue weighted by atomic mass is 16.3. The largest absolute Gasteiger partial charge is 0.396 e. The van der Waals surface area contributed by atoms with E-state index in [4.69, 9.17) is 10.2 Å². The molecule has 0 atom stereocenters. The maximum atomic E-state index is 9.41. The van der Waals surface area contributed by atoms with E-state index in [2.05, 4.69) is 13.8 Å². The quantitative estimate of drug-likeness (QED) is 0.513. The molecular weight excluding hydrogens is 194 g/mol. The molecule has 0 aliphatic rings. The maximum absolute atomic E-state index is 9.41. The summed E-state index contributed by atoms with van der Waals surface area (Å²) in [5.41, 5.74) is -0.0929. The molecular formula is C11H25NO3. The molecule has 0 rings (SSSR count). The van der Waals surface area contributed by atoms with Crippen molar-refractivity contribution in [2.45, 2.75) is 26.7 Å². The predicted octanol–water partition coefficient (Wildman–Crippen LogP) is 0.0717. The van der Waals surface area contributed by atoms with Crippen molar-refractivity contribution in [3.8, 4) is 0 Å². The standard InChI is InChI=1S/C11H25NO3/c1-3-11(4-2,10-15)9-12(5-7-13)6-8-14/h13-15H,3-10H2,1-2H3. The minimum absolute atomic E-state index is 0.0922. The van der Waals surface area contributed by atoms with Crippen LogP contribution >= 0.6 is 0 Å². The lowest BCUT2D eigenvalue weighted by molar-refractivity contribution is 0.0505. The van der Waals surface area contributed by atoms with E-state index in [9.17, 15) is 5.11 Å². The molecule has 0 aliphatic carbocycles. The maximum Gasteiger partial charge on any atom is 0.0558 e. The molecule has 0 fully saturated rings. The van der Waals surface area contributed by atoms with Gasteiger partial charge < -0.3 is 15.3 Å². The summed E-state index contributed by atoms with van der Waals surface area (Å²) in [6.45, 7) is 6.32. The fraction of sp³-hybridized carbons (Fsp3) is 1.00. The van der Waals surface area contributed by atoms with Crippen LogP contribution in [-0.2, 0) is 0 Å². The average Bonchev–Trinajstić information content (AvgIpc) is 2.27. The Labute approximate surface area is 92.5 Å². The molecule has 4 heteroatoms. The summed E-state index contributed by atoms with van der Waals surface area (Å²) in [6, 6.07) is 0. The van der Waals surface area contributed by atoms with Gasteiger partial charge in [0.1, 0.15) is 0 Å². The zero-order valence-corrected chi connectivity index (χ0v) is 9.95. The molecule has 0 radical (unpaired) electrons. The van der Waals surface area contributed by atoms with Crippen molar-refractivity contribution < 1.29 is 15.3 Å². The Morgan fingerprint density at radius 3 is 1.67 bits per heavy atom. The lowest BCUT2D eigenvalue weighted by Crippen LogP contribution is -2.42. The van der Waals surface area contributed by atoms with Crippen molar-refractivity contribution >= 4 is 0 Å². The molecule has 15 heavy (non-hydrogen) atoms. The van der Waals surface area contributed by atoms with Gasteiger partial charge in [0.2, 0.25) is 0 Å². The van der Waals surface area contributed by atoms with Gasteiger partial charge in [-0.05, 0) is 12.8 Å². The molecule has 0 amide bonds. The summed E-state index contributed by atoms with van der Waals surface area (Å²) in [6.07, 6.45) is 1.82. The van der Waals surface area contributed by atoms with Crippen LogP contribution in [0.3, 0.4) is 0 Å². The predicted molar refractivity (Wildman–Crippen MR) is 60.7 cm³/mol. The lowest BCUT2D eigenvalue weighted by atomic mass is 9.82. The normalized spacial score (nSPS) is 12.4. The second-order valence-electron chi connectivity index (χ2n) is 4.09. The van der Waals surface area contributed by atoms with Gasteiger partial charge in [-0.25, -0.2) is 0 Å². The third kappa shape index (κ3) is 4.93. The number of hydrogen-bond donors (Lipinski definition) is 3. The zero-order valence-electron chi connectivity index (χ0n) is 9.95. The third-order valence-corrected chi connectivity index (χ3v) is 3.23. The van der Waals surface area contributed by atoms with Crippen molar-refractivity contribution in [1.82, 2.24) is 4.90 Å². The number of aliphatic hydroxyl groups is 3. The highest BCUT2D eigenvalue weighted by Gasteiger charge is 2.27. The molecule has 0 aromatic carbocycles. The molecule has 0 spiro atoms. The Balaban J connectivity index is 4.30. The molecule has 0 aromatic heterocycles. The molecule has 0 heterocycles. The van der Waals surface area contributed by atoms with Crippen molar-refractivity contribution in [1.29, 1.82) is 0 Å². The molecule has 0 saturated carbocycles. The van der Waals surface area contributed by atoms with Gasteiger partial charge in [-0.2, -0.15) is 0 Å². The molecule has 0 saturated heterocycles. The first-order valence-corrected chi connectivity index (χ1v) is 5.73. The van der Waals surface area contributed by atoms with Gasteiger partial charge in [-0.1, -0.05) is 13.8 Å². The molecule has 0 bridgehead atoms. The van der Waals surface area contributed by atoms with Crippen molar-refractivity contribution in [3.05, 3.63) is 0 Å². The van der Waals surface area contributed by atoms with E-state index in [1.54, 1.807) is 0 Å². The Morgan fingerprint density at radius 2 is 1.40 bits per heavy atom. The van der Waals surface area contributed by atoms with Gasteiger partial charge in [0.15, 0.2) is 0 Å². The Morgan fingerprint density at radius 1 is 0.933 bits per heavy atom. The summed E-state index contributed by atoms with van der Waals surface area (Å²) in [7, 11) is 0. The second-order valence-corrected chi connectivity index (χ2v) is 4.09. The van der Waals surface area contributed by atoms with Gasteiger partial charge in [0.05, 0.1) is 13.2 Å². The summed E-state index contributed by atoms with van der Waals surface area (Å²) >= 11 is 0. The summed E-state index contributed by atoms with van der Waals surface area (Å²) in [5.74, 6) is 0. The van der Waals surface area contributed by atoms with Gasteiger partial charge in [-0.3, -0.25) is 4.90 Å². The van der Waals surface area contributed by atoms with Crippen LogP contribution in [0.5, 0.6) is 0 Å². The molecule has 92 valence electrons. The van der Waals surface area contributed by atoms with E-state index < -0.39 is 0 Å². The first-order valence-electron chi connectivity index (χ1n) is 5.73. The molecule has 0 unspecified atom stereocenters. The minimum Gasteiger partial charge on any atom is -0.396 e. The van der Waals surface area contributed by atoms with Crippen LogP contribution in [0.15, 0.2) is 0 Å². The Hall–Kier alpha value is -0.160. The molecule has 3 N–H and O–H groups in total. The fourth-order valence-corrected chi connectivity index (χ4v) is 1.77. The van der Waals surface area contributed by atoms with Crippen molar-refractivity contribution in [2.24, 2.45) is 5.41 Å². The fourth-order valence-electron chi connectivity index (χ4n) is 1.77. The molecule has 0 aliphatic heterocycles. The van der Waals surface area contributed by atoms with Crippen LogP contribution in [0.2, 0.25) is 0 Å². The molecule has 0 aromatic rings. The first kappa shape index (κ1) is 14.8. The monoisotopic (exact) mass is 219 g/mol. The van der Waals surface area contributed by atoms with E-state index in [-0.39, 0.29) is 25.2 Å². The Kier molecular flexibility index (Phi) is 7.96. The highest BCUT2D eigenvalue weighted by Crippen LogP contribution is 2.26. The lowest BCUT2D eigenvalue weighted by Gasteiger charge is -2.35. The van der Waals surface area contributed by atoms with Crippen molar-refractivity contribution in [2.75, 3.05) is 39.5 Å². The van der Waals surface area contributed by atoms with E-state index in [0.29, 0.717) is 13.1 Å². The smallest absolute Gasteiger partial charge is 0.0558 e. The third-order valence-electron chi connectivity index (χ3n) is 3.23. The van der Waals surface area contributed by atoms with E-state index in [1.165, 1.54) is 0 Å². The van der Waals surface area contributed by atoms with Crippen LogP contribution in [0, 0.1) is 5.41 Å². The zero-order chi connectivity index (χ0) is 11.7. The highest BCUT2D eigenvalue weighted by molar-refractivity contribution is 4.79. The van der Waals surface area contributed by atoms with Crippen LogP contribution in [0.25, 0.3) is 0 Å². The van der Waals surface area contributed by atoms with Crippen molar-refractivity contribution in [3.63, 3.8) is 0 Å². The van der Waals surface area contributed by atoms with Gasteiger partial charge in [0, 0.05) is 31.7 Å². The summed E-state index contributed by atoms with van der Waals surface area (Å²) in [4.78, 5) is 2.00. The average molecular weight is 219 g/mol. The van der Waals surface area contributed by atoms with Gasteiger partial charge in [0.25, 0.3) is 0 Å². The van der Waals surface area contributed by atoms with Crippen LogP contribution in [0.1, 0.15) is 26.7 Å². The minimum atomic E-state index is -0.0929. The van der Waals surface area contributed by atoms with Crippen LogP contribution < -0.4 is 0 Å². The Bertz CT molecular complexity index is 135. The number of nitrogens with zero attached hydrogens (tertiary/aromatic N) is 1. The summed E-state index contributed by atoms with van der Waals surface area (Å²) in [5, 5.41) is 27.2. The van der Waals surface area contributed by atoms with Crippen LogP contribution in [0.4, 0.5) is 0 Å². The van der Waals surface area contributed by atoms with Crippen LogP contribution in [-0.4, -0.2) is 59.7 Å². The van der Waals surface area contributed by atoms with Gasteiger partial charge >= 0.3 is 0 Å². The SMILES string of the molecule is CCC(CC)(CO)CN(CCO)CCO. The number of rotatable bonds is 9. The number of aliphatic hydroxyl groups excluding tert-OH is 3.